The van der Waals surface area contributed by atoms with E-state index in [4.69, 9.17) is 10.5 Å². The van der Waals surface area contributed by atoms with Gasteiger partial charge in [0.25, 0.3) is 5.69 Å². The lowest BCUT2D eigenvalue weighted by Gasteiger charge is -2.10. The SMILES string of the molecule is COc1cc(Cn2nnc(N)c2C(C)C)cc([N+](=O)[O-])c1. The minimum absolute atomic E-state index is 0.0245. The number of aromatic nitrogens is 3. The van der Waals surface area contributed by atoms with E-state index in [0.717, 1.165) is 5.69 Å². The van der Waals surface area contributed by atoms with E-state index in [1.54, 1.807) is 10.7 Å². The van der Waals surface area contributed by atoms with Crippen LogP contribution >= 0.6 is 0 Å². The van der Waals surface area contributed by atoms with Crippen molar-refractivity contribution < 1.29 is 9.66 Å². The van der Waals surface area contributed by atoms with Gasteiger partial charge in [-0.1, -0.05) is 19.1 Å². The molecule has 0 bridgehead atoms. The number of non-ortho nitro benzene ring substituents is 1. The van der Waals surface area contributed by atoms with E-state index in [-0.39, 0.29) is 11.6 Å². The molecule has 8 nitrogen and oxygen atoms in total. The molecule has 0 atom stereocenters. The van der Waals surface area contributed by atoms with Crippen LogP contribution in [0, 0.1) is 10.1 Å². The molecule has 2 rings (SSSR count). The molecule has 0 aliphatic carbocycles. The minimum atomic E-state index is -0.453. The normalized spacial score (nSPS) is 10.9. The summed E-state index contributed by atoms with van der Waals surface area (Å²) in [5.41, 5.74) is 7.29. The molecule has 2 aromatic rings. The van der Waals surface area contributed by atoms with Gasteiger partial charge in [-0.25, -0.2) is 4.68 Å². The predicted octanol–water partition coefficient (Wildman–Crippen LogP) is 1.95. The number of benzene rings is 1. The van der Waals surface area contributed by atoms with E-state index < -0.39 is 4.92 Å². The van der Waals surface area contributed by atoms with Gasteiger partial charge in [0.2, 0.25) is 0 Å². The molecule has 0 unspecified atom stereocenters. The highest BCUT2D eigenvalue weighted by atomic mass is 16.6. The largest absolute Gasteiger partial charge is 0.496 e. The van der Waals surface area contributed by atoms with E-state index in [1.807, 2.05) is 13.8 Å². The van der Waals surface area contributed by atoms with Crippen LogP contribution in [0.25, 0.3) is 0 Å². The Morgan fingerprint density at radius 1 is 1.43 bits per heavy atom. The first-order valence-corrected chi connectivity index (χ1v) is 6.43. The summed E-state index contributed by atoms with van der Waals surface area (Å²) in [6.45, 7) is 4.31. The van der Waals surface area contributed by atoms with Crippen molar-refractivity contribution in [1.29, 1.82) is 0 Å². The fourth-order valence-electron chi connectivity index (χ4n) is 2.18. The summed E-state index contributed by atoms with van der Waals surface area (Å²) in [5.74, 6) is 0.960. The third-order valence-electron chi connectivity index (χ3n) is 3.08. The zero-order valence-corrected chi connectivity index (χ0v) is 12.1. The monoisotopic (exact) mass is 291 g/mol. The average Bonchev–Trinajstić information content (AvgIpc) is 2.79. The topological polar surface area (TPSA) is 109 Å². The molecule has 0 radical (unpaired) electrons. The number of nitro benzene ring substituents is 1. The maximum atomic E-state index is 10.9. The minimum Gasteiger partial charge on any atom is -0.496 e. The molecule has 8 heteroatoms. The van der Waals surface area contributed by atoms with Gasteiger partial charge in [0, 0.05) is 6.07 Å². The fraction of sp³-hybridized carbons (Fsp3) is 0.385. The number of nitrogens with two attached hydrogens (primary N) is 1. The van der Waals surface area contributed by atoms with Gasteiger partial charge < -0.3 is 10.5 Å². The maximum Gasteiger partial charge on any atom is 0.273 e. The Bertz CT molecular complexity index is 666. The molecule has 0 spiro atoms. The van der Waals surface area contributed by atoms with Crippen LogP contribution in [0.2, 0.25) is 0 Å². The molecular formula is C13H17N5O3. The molecule has 21 heavy (non-hydrogen) atoms. The second-order valence-corrected chi connectivity index (χ2v) is 4.97. The zero-order chi connectivity index (χ0) is 15.6. The number of nitrogen functional groups attached to an aromatic ring is 1. The van der Waals surface area contributed by atoms with Crippen molar-refractivity contribution >= 4 is 11.5 Å². The van der Waals surface area contributed by atoms with Crippen molar-refractivity contribution in [2.45, 2.75) is 26.3 Å². The molecule has 0 aliphatic rings. The van der Waals surface area contributed by atoms with Crippen LogP contribution < -0.4 is 10.5 Å². The third kappa shape index (κ3) is 3.10. The van der Waals surface area contributed by atoms with Crippen LogP contribution in [0.5, 0.6) is 5.75 Å². The number of hydrogen-bond donors (Lipinski definition) is 1. The van der Waals surface area contributed by atoms with E-state index in [2.05, 4.69) is 10.3 Å². The Kier molecular flexibility index (Phi) is 4.06. The Labute approximate surface area is 121 Å². The summed E-state index contributed by atoms with van der Waals surface area (Å²) < 4.78 is 6.74. The first kappa shape index (κ1) is 14.8. The van der Waals surface area contributed by atoms with E-state index >= 15 is 0 Å². The van der Waals surface area contributed by atoms with Crippen LogP contribution in [0.4, 0.5) is 11.5 Å². The summed E-state index contributed by atoms with van der Waals surface area (Å²) in [4.78, 5) is 10.5. The molecule has 112 valence electrons. The van der Waals surface area contributed by atoms with Gasteiger partial charge in [-0.3, -0.25) is 10.1 Å². The van der Waals surface area contributed by atoms with Gasteiger partial charge in [-0.15, -0.1) is 5.10 Å². The Hall–Kier alpha value is -2.64. The van der Waals surface area contributed by atoms with E-state index in [0.29, 0.717) is 23.7 Å². The van der Waals surface area contributed by atoms with Gasteiger partial charge >= 0.3 is 0 Å². The fourth-order valence-corrected chi connectivity index (χ4v) is 2.18. The van der Waals surface area contributed by atoms with Crippen molar-refractivity contribution in [2.75, 3.05) is 12.8 Å². The van der Waals surface area contributed by atoms with Crippen LogP contribution in [0.3, 0.4) is 0 Å². The second-order valence-electron chi connectivity index (χ2n) is 4.97. The molecule has 1 heterocycles. The highest BCUT2D eigenvalue weighted by Crippen LogP contribution is 2.25. The van der Waals surface area contributed by atoms with Gasteiger partial charge in [-0.2, -0.15) is 0 Å². The molecule has 0 saturated carbocycles. The first-order valence-electron chi connectivity index (χ1n) is 6.43. The van der Waals surface area contributed by atoms with Gasteiger partial charge in [0.1, 0.15) is 5.75 Å². The highest BCUT2D eigenvalue weighted by molar-refractivity contribution is 5.43. The Morgan fingerprint density at radius 2 is 2.14 bits per heavy atom. The van der Waals surface area contributed by atoms with Crippen molar-refractivity contribution in [2.24, 2.45) is 0 Å². The Morgan fingerprint density at radius 3 is 2.71 bits per heavy atom. The van der Waals surface area contributed by atoms with Crippen LogP contribution in [0.1, 0.15) is 31.0 Å². The molecule has 0 saturated heterocycles. The van der Waals surface area contributed by atoms with Crippen LogP contribution in [-0.4, -0.2) is 27.0 Å². The summed E-state index contributed by atoms with van der Waals surface area (Å²) in [6.07, 6.45) is 0. The van der Waals surface area contributed by atoms with Crippen LogP contribution in [-0.2, 0) is 6.54 Å². The van der Waals surface area contributed by atoms with Crippen molar-refractivity contribution in [3.63, 3.8) is 0 Å². The third-order valence-corrected chi connectivity index (χ3v) is 3.08. The standard InChI is InChI=1S/C13H17N5O3/c1-8(2)12-13(14)15-16-17(12)7-9-4-10(18(19)20)6-11(5-9)21-3/h4-6,8H,7,14H2,1-3H3. The van der Waals surface area contributed by atoms with E-state index in [1.165, 1.54) is 19.2 Å². The zero-order valence-electron chi connectivity index (χ0n) is 12.1. The number of hydrogen-bond acceptors (Lipinski definition) is 6. The number of methoxy groups -OCH3 is 1. The molecular weight excluding hydrogens is 274 g/mol. The van der Waals surface area contributed by atoms with Gasteiger partial charge in [0.05, 0.1) is 30.3 Å². The van der Waals surface area contributed by atoms with Gasteiger partial charge in [0.15, 0.2) is 5.82 Å². The number of nitrogens with zero attached hydrogens (tertiary/aromatic N) is 4. The van der Waals surface area contributed by atoms with Crippen LogP contribution in [0.15, 0.2) is 18.2 Å². The quantitative estimate of drug-likeness (QED) is 0.666. The predicted molar refractivity (Wildman–Crippen MR) is 77.3 cm³/mol. The smallest absolute Gasteiger partial charge is 0.273 e. The van der Waals surface area contributed by atoms with E-state index in [9.17, 15) is 10.1 Å². The average molecular weight is 291 g/mol. The maximum absolute atomic E-state index is 10.9. The Balaban J connectivity index is 2.40. The molecule has 0 fully saturated rings. The summed E-state index contributed by atoms with van der Waals surface area (Å²) >= 11 is 0. The molecule has 2 N–H and O–H groups in total. The number of rotatable bonds is 5. The lowest BCUT2D eigenvalue weighted by Crippen LogP contribution is -2.09. The van der Waals surface area contributed by atoms with Gasteiger partial charge in [-0.05, 0) is 17.5 Å². The van der Waals surface area contributed by atoms with Crippen molar-refractivity contribution in [1.82, 2.24) is 15.0 Å². The summed E-state index contributed by atoms with van der Waals surface area (Å²) in [7, 11) is 1.47. The first-order chi connectivity index (χ1) is 9.92. The summed E-state index contributed by atoms with van der Waals surface area (Å²) in [5, 5.41) is 18.8. The molecule has 0 aliphatic heterocycles. The summed E-state index contributed by atoms with van der Waals surface area (Å²) in [6, 6.07) is 4.60. The lowest BCUT2D eigenvalue weighted by atomic mass is 10.1. The molecule has 1 aromatic carbocycles. The number of anilines is 1. The molecule has 0 amide bonds. The highest BCUT2D eigenvalue weighted by Gasteiger charge is 2.16. The number of nitro groups is 1. The van der Waals surface area contributed by atoms with Crippen molar-refractivity contribution in [3.05, 3.63) is 39.6 Å². The second kappa shape index (κ2) is 5.78. The number of ether oxygens (including phenoxy) is 1. The molecule has 1 aromatic heterocycles. The van der Waals surface area contributed by atoms with Crippen molar-refractivity contribution in [3.8, 4) is 5.75 Å². The lowest BCUT2D eigenvalue weighted by molar-refractivity contribution is -0.385.